The average molecular weight is 309 g/mol. The summed E-state index contributed by atoms with van der Waals surface area (Å²) >= 11 is 0. The van der Waals surface area contributed by atoms with Crippen molar-refractivity contribution >= 4 is 11.9 Å². The van der Waals surface area contributed by atoms with Gasteiger partial charge in [0.2, 0.25) is 5.91 Å². The van der Waals surface area contributed by atoms with Crippen molar-refractivity contribution in [1.29, 1.82) is 0 Å². The van der Waals surface area contributed by atoms with Crippen LogP contribution in [0.25, 0.3) is 0 Å². The number of ether oxygens (including phenoxy) is 1. The van der Waals surface area contributed by atoms with Crippen molar-refractivity contribution in [3.63, 3.8) is 0 Å². The second kappa shape index (κ2) is 6.65. The van der Waals surface area contributed by atoms with Crippen molar-refractivity contribution in [1.82, 2.24) is 4.90 Å². The van der Waals surface area contributed by atoms with Crippen LogP contribution >= 0.6 is 0 Å². The van der Waals surface area contributed by atoms with Crippen LogP contribution in [-0.4, -0.2) is 29.4 Å². The van der Waals surface area contributed by atoms with Gasteiger partial charge in [-0.25, -0.2) is 4.79 Å². The first-order chi connectivity index (χ1) is 11.2. The van der Waals surface area contributed by atoms with Crippen molar-refractivity contribution in [2.75, 3.05) is 6.61 Å². The zero-order valence-corrected chi connectivity index (χ0v) is 13.0. The van der Waals surface area contributed by atoms with Crippen LogP contribution in [0.4, 0.5) is 0 Å². The van der Waals surface area contributed by atoms with Crippen LogP contribution in [0.3, 0.4) is 0 Å². The topological polar surface area (TPSA) is 46.6 Å². The van der Waals surface area contributed by atoms with Gasteiger partial charge in [-0.2, -0.15) is 0 Å². The molecule has 0 spiro atoms. The van der Waals surface area contributed by atoms with E-state index < -0.39 is 6.04 Å². The number of hydrogen-bond acceptors (Lipinski definition) is 3. The number of likely N-dealkylation sites (tertiary alicyclic amines) is 1. The molecule has 1 heterocycles. The molecule has 0 aromatic heterocycles. The number of nitrogens with zero attached hydrogens (tertiary/aromatic N) is 1. The molecule has 1 aliphatic rings. The van der Waals surface area contributed by atoms with E-state index in [4.69, 9.17) is 4.74 Å². The molecule has 1 amide bonds. The Kier molecular flexibility index (Phi) is 4.42. The number of esters is 1. The lowest BCUT2D eigenvalue weighted by atomic mass is 9.90. The predicted molar refractivity (Wildman–Crippen MR) is 86.6 cm³/mol. The Balaban J connectivity index is 1.98. The van der Waals surface area contributed by atoms with Gasteiger partial charge in [0.1, 0.15) is 6.04 Å². The molecule has 1 saturated heterocycles. The zero-order chi connectivity index (χ0) is 16.2. The summed E-state index contributed by atoms with van der Waals surface area (Å²) in [6.45, 7) is 2.09. The molecule has 23 heavy (non-hydrogen) atoms. The molecule has 118 valence electrons. The summed E-state index contributed by atoms with van der Waals surface area (Å²) in [5.41, 5.74) is 1.97. The van der Waals surface area contributed by atoms with Crippen molar-refractivity contribution in [3.8, 4) is 0 Å². The van der Waals surface area contributed by atoms with Gasteiger partial charge in [0, 0.05) is 0 Å². The highest BCUT2D eigenvalue weighted by Crippen LogP contribution is 2.36. The summed E-state index contributed by atoms with van der Waals surface area (Å²) in [5.74, 6) is -0.357. The maximum Gasteiger partial charge on any atom is 0.329 e. The van der Waals surface area contributed by atoms with E-state index in [1.807, 2.05) is 60.7 Å². The molecule has 1 unspecified atom stereocenters. The molecule has 0 radical (unpaired) electrons. The van der Waals surface area contributed by atoms with Crippen LogP contribution in [0.2, 0.25) is 0 Å². The number of carbonyl (C=O) groups excluding carboxylic acids is 2. The number of amides is 1. The third kappa shape index (κ3) is 2.97. The minimum atomic E-state index is -0.507. The van der Waals surface area contributed by atoms with Crippen LogP contribution in [0.15, 0.2) is 60.7 Å². The SMILES string of the molecule is CCOC(=O)C1CC(=O)N1C(c1ccccc1)c1ccccc1. The van der Waals surface area contributed by atoms with Gasteiger partial charge in [-0.05, 0) is 18.1 Å². The lowest BCUT2D eigenvalue weighted by molar-refractivity contribution is -0.168. The molecule has 4 nitrogen and oxygen atoms in total. The summed E-state index contributed by atoms with van der Waals surface area (Å²) in [7, 11) is 0. The number of hydrogen-bond donors (Lipinski definition) is 0. The lowest BCUT2D eigenvalue weighted by Gasteiger charge is -2.44. The van der Waals surface area contributed by atoms with Gasteiger partial charge >= 0.3 is 5.97 Å². The Morgan fingerprint density at radius 3 is 2.04 bits per heavy atom. The first-order valence-electron chi connectivity index (χ1n) is 7.80. The molecular weight excluding hydrogens is 290 g/mol. The van der Waals surface area contributed by atoms with E-state index in [1.165, 1.54) is 0 Å². The maximum atomic E-state index is 12.3. The first-order valence-corrected chi connectivity index (χ1v) is 7.80. The number of rotatable bonds is 5. The summed E-state index contributed by atoms with van der Waals surface area (Å²) in [5, 5.41) is 0. The molecule has 0 saturated carbocycles. The molecular formula is C19H19NO3. The van der Waals surface area contributed by atoms with Crippen molar-refractivity contribution in [3.05, 3.63) is 71.8 Å². The van der Waals surface area contributed by atoms with Gasteiger partial charge in [-0.1, -0.05) is 60.7 Å². The quantitative estimate of drug-likeness (QED) is 0.630. The van der Waals surface area contributed by atoms with E-state index in [9.17, 15) is 9.59 Å². The normalized spacial score (nSPS) is 17.0. The fourth-order valence-corrected chi connectivity index (χ4v) is 2.97. The Hall–Kier alpha value is -2.62. The second-order valence-corrected chi connectivity index (χ2v) is 5.50. The molecule has 4 heteroatoms. The average Bonchev–Trinajstić information content (AvgIpc) is 2.59. The van der Waals surface area contributed by atoms with Crippen molar-refractivity contribution in [2.24, 2.45) is 0 Å². The van der Waals surface area contributed by atoms with Gasteiger partial charge in [0.15, 0.2) is 0 Å². The number of benzene rings is 2. The summed E-state index contributed by atoms with van der Waals surface area (Å²) in [4.78, 5) is 26.0. The zero-order valence-electron chi connectivity index (χ0n) is 13.0. The second-order valence-electron chi connectivity index (χ2n) is 5.50. The molecule has 0 aliphatic carbocycles. The maximum absolute atomic E-state index is 12.3. The van der Waals surface area contributed by atoms with Crippen molar-refractivity contribution in [2.45, 2.75) is 25.4 Å². The van der Waals surface area contributed by atoms with Crippen LogP contribution in [-0.2, 0) is 14.3 Å². The van der Waals surface area contributed by atoms with Crippen LogP contribution in [0.1, 0.15) is 30.5 Å². The van der Waals surface area contributed by atoms with Crippen LogP contribution in [0.5, 0.6) is 0 Å². The van der Waals surface area contributed by atoms with E-state index in [-0.39, 0.29) is 24.3 Å². The van der Waals surface area contributed by atoms with Gasteiger partial charge < -0.3 is 9.64 Å². The molecule has 0 N–H and O–H groups in total. The Bertz CT molecular complexity index is 645. The molecule has 2 aromatic rings. The summed E-state index contributed by atoms with van der Waals surface area (Å²) in [6.07, 6.45) is 0.217. The number of carbonyl (C=O) groups is 2. The highest BCUT2D eigenvalue weighted by atomic mass is 16.5. The standard InChI is InChI=1S/C19H19NO3/c1-2-23-19(22)16-13-17(21)20(16)18(14-9-5-3-6-10-14)15-11-7-4-8-12-15/h3-12,16,18H,2,13H2,1H3. The largest absolute Gasteiger partial charge is 0.464 e. The fraction of sp³-hybridized carbons (Fsp3) is 0.263. The fourth-order valence-electron chi connectivity index (χ4n) is 2.97. The molecule has 1 aliphatic heterocycles. The van der Waals surface area contributed by atoms with E-state index in [0.717, 1.165) is 11.1 Å². The summed E-state index contributed by atoms with van der Waals surface area (Å²) < 4.78 is 5.11. The van der Waals surface area contributed by atoms with E-state index in [2.05, 4.69) is 0 Å². The molecule has 1 fully saturated rings. The highest BCUT2D eigenvalue weighted by Gasteiger charge is 2.46. The smallest absolute Gasteiger partial charge is 0.329 e. The third-order valence-corrected chi connectivity index (χ3v) is 4.06. The Labute approximate surface area is 135 Å². The summed E-state index contributed by atoms with van der Waals surface area (Å²) in [6, 6.07) is 18.8. The highest BCUT2D eigenvalue weighted by molar-refractivity contribution is 5.95. The number of β-lactam (4-membered cyclic amide) rings is 1. The Morgan fingerprint density at radius 2 is 1.61 bits per heavy atom. The third-order valence-electron chi connectivity index (χ3n) is 4.06. The van der Waals surface area contributed by atoms with Crippen LogP contribution in [0, 0.1) is 0 Å². The van der Waals surface area contributed by atoms with E-state index >= 15 is 0 Å². The van der Waals surface area contributed by atoms with E-state index in [0.29, 0.717) is 6.61 Å². The lowest BCUT2D eigenvalue weighted by Crippen LogP contribution is -2.58. The monoisotopic (exact) mass is 309 g/mol. The van der Waals surface area contributed by atoms with E-state index in [1.54, 1.807) is 11.8 Å². The minimum absolute atomic E-state index is 0.0271. The predicted octanol–water partition coefficient (Wildman–Crippen LogP) is 2.94. The van der Waals surface area contributed by atoms with Gasteiger partial charge in [-0.3, -0.25) is 4.79 Å². The Morgan fingerprint density at radius 1 is 1.09 bits per heavy atom. The van der Waals surface area contributed by atoms with Gasteiger partial charge in [0.05, 0.1) is 19.1 Å². The molecule has 1 atom stereocenters. The molecule has 3 rings (SSSR count). The molecule has 0 bridgehead atoms. The molecule has 2 aromatic carbocycles. The van der Waals surface area contributed by atoms with Gasteiger partial charge in [0.25, 0.3) is 0 Å². The van der Waals surface area contributed by atoms with Gasteiger partial charge in [-0.15, -0.1) is 0 Å². The van der Waals surface area contributed by atoms with Crippen LogP contribution < -0.4 is 0 Å². The van der Waals surface area contributed by atoms with Crippen molar-refractivity contribution < 1.29 is 14.3 Å². The minimum Gasteiger partial charge on any atom is -0.464 e. The first kappa shape index (κ1) is 15.3.